The van der Waals surface area contributed by atoms with Crippen molar-refractivity contribution in [2.45, 2.75) is 45.4 Å². The van der Waals surface area contributed by atoms with Crippen LogP contribution in [0, 0.1) is 0 Å². The molecule has 4 heteroatoms. The molecular formula is C16H21N3O. The predicted molar refractivity (Wildman–Crippen MR) is 80.6 cm³/mol. The number of carbonyl (C=O) groups excluding carboxylic acids is 1. The molecule has 0 unspecified atom stereocenters. The molecule has 0 saturated heterocycles. The Hall–Kier alpha value is -1.97. The maximum Gasteiger partial charge on any atom is 0.271 e. The summed E-state index contributed by atoms with van der Waals surface area (Å²) in [5.41, 5.74) is 5.55. The van der Waals surface area contributed by atoms with Gasteiger partial charge in [-0.1, -0.05) is 25.8 Å². The second-order valence-corrected chi connectivity index (χ2v) is 4.96. The van der Waals surface area contributed by atoms with Gasteiger partial charge in [0.05, 0.1) is 5.71 Å². The van der Waals surface area contributed by atoms with Gasteiger partial charge in [0.15, 0.2) is 0 Å². The van der Waals surface area contributed by atoms with Gasteiger partial charge in [0.25, 0.3) is 5.91 Å². The summed E-state index contributed by atoms with van der Waals surface area (Å²) >= 11 is 0. The quantitative estimate of drug-likeness (QED) is 0.636. The van der Waals surface area contributed by atoms with Crippen LogP contribution in [0.4, 0.5) is 0 Å². The molecule has 0 fully saturated rings. The Kier molecular flexibility index (Phi) is 5.47. The molecule has 2 rings (SSSR count). The number of rotatable bonds is 6. The van der Waals surface area contributed by atoms with Crippen molar-refractivity contribution in [1.82, 2.24) is 10.4 Å². The lowest BCUT2D eigenvalue weighted by atomic mass is 10.1. The summed E-state index contributed by atoms with van der Waals surface area (Å²) in [4.78, 5) is 15.8. The smallest absolute Gasteiger partial charge is 0.267 e. The first-order valence-electron chi connectivity index (χ1n) is 7.27. The van der Waals surface area contributed by atoms with Crippen molar-refractivity contribution in [3.8, 4) is 0 Å². The van der Waals surface area contributed by atoms with Gasteiger partial charge >= 0.3 is 0 Å². The number of hydrogen-bond donors (Lipinski definition) is 1. The molecule has 1 heterocycles. The number of aromatic nitrogens is 1. The standard InChI is InChI=1S/C16H21N3O/c1-2-3-4-6-13-7-5-8-15(13)18-19-16(20)14-9-11-17-12-10-14/h7,9-12H,2-6,8H2,1H3,(H,19,20)/b18-15+. The van der Waals surface area contributed by atoms with E-state index in [2.05, 4.69) is 28.5 Å². The van der Waals surface area contributed by atoms with Crippen LogP contribution in [-0.2, 0) is 0 Å². The van der Waals surface area contributed by atoms with Gasteiger partial charge in [-0.2, -0.15) is 5.10 Å². The van der Waals surface area contributed by atoms with E-state index >= 15 is 0 Å². The molecule has 0 atom stereocenters. The number of unbranched alkanes of at least 4 members (excludes halogenated alkanes) is 2. The molecule has 0 spiro atoms. The lowest BCUT2D eigenvalue weighted by molar-refractivity contribution is 0.0954. The van der Waals surface area contributed by atoms with Gasteiger partial charge in [-0.3, -0.25) is 9.78 Å². The molecule has 0 radical (unpaired) electrons. The largest absolute Gasteiger partial charge is 0.271 e. The Morgan fingerprint density at radius 3 is 2.90 bits per heavy atom. The maximum atomic E-state index is 11.9. The second-order valence-electron chi connectivity index (χ2n) is 4.96. The van der Waals surface area contributed by atoms with Crippen LogP contribution >= 0.6 is 0 Å². The first kappa shape index (κ1) is 14.4. The lowest BCUT2D eigenvalue weighted by Gasteiger charge is -2.05. The first-order chi connectivity index (χ1) is 9.81. The zero-order valence-electron chi connectivity index (χ0n) is 11.9. The van der Waals surface area contributed by atoms with E-state index in [1.54, 1.807) is 24.5 Å². The highest BCUT2D eigenvalue weighted by Crippen LogP contribution is 2.21. The highest BCUT2D eigenvalue weighted by atomic mass is 16.2. The van der Waals surface area contributed by atoms with Crippen LogP contribution in [0.1, 0.15) is 55.8 Å². The Balaban J connectivity index is 1.90. The van der Waals surface area contributed by atoms with E-state index in [0.29, 0.717) is 5.56 Å². The van der Waals surface area contributed by atoms with E-state index in [1.807, 2.05) is 0 Å². The summed E-state index contributed by atoms with van der Waals surface area (Å²) in [6, 6.07) is 3.37. The molecule has 4 nitrogen and oxygen atoms in total. The Bertz CT molecular complexity index is 506. The molecule has 1 amide bonds. The van der Waals surface area contributed by atoms with Gasteiger partial charge in [-0.15, -0.1) is 0 Å². The zero-order valence-corrected chi connectivity index (χ0v) is 11.9. The molecule has 20 heavy (non-hydrogen) atoms. The molecule has 1 aliphatic carbocycles. The van der Waals surface area contributed by atoms with Crippen LogP contribution < -0.4 is 5.43 Å². The fourth-order valence-corrected chi connectivity index (χ4v) is 2.29. The summed E-state index contributed by atoms with van der Waals surface area (Å²) in [6.45, 7) is 2.20. The third-order valence-corrected chi connectivity index (χ3v) is 3.43. The minimum atomic E-state index is -0.181. The number of amides is 1. The average Bonchev–Trinajstić information content (AvgIpc) is 2.93. The number of pyridine rings is 1. The third kappa shape index (κ3) is 4.02. The fourth-order valence-electron chi connectivity index (χ4n) is 2.29. The van der Waals surface area contributed by atoms with E-state index in [-0.39, 0.29) is 5.91 Å². The molecule has 0 saturated carbocycles. The maximum absolute atomic E-state index is 11.9. The van der Waals surface area contributed by atoms with Gasteiger partial charge in [0.2, 0.25) is 0 Å². The highest BCUT2D eigenvalue weighted by molar-refractivity contribution is 6.03. The third-order valence-electron chi connectivity index (χ3n) is 3.43. The van der Waals surface area contributed by atoms with Crippen LogP contribution in [0.25, 0.3) is 0 Å². The Morgan fingerprint density at radius 2 is 2.15 bits per heavy atom. The fraction of sp³-hybridized carbons (Fsp3) is 0.438. The molecule has 0 bridgehead atoms. The van der Waals surface area contributed by atoms with Crippen molar-refractivity contribution in [2.24, 2.45) is 5.10 Å². The van der Waals surface area contributed by atoms with Crippen molar-refractivity contribution in [2.75, 3.05) is 0 Å². The molecule has 1 aromatic rings. The van der Waals surface area contributed by atoms with Crippen molar-refractivity contribution in [3.05, 3.63) is 41.7 Å². The summed E-state index contributed by atoms with van der Waals surface area (Å²) in [7, 11) is 0. The van der Waals surface area contributed by atoms with Crippen molar-refractivity contribution in [3.63, 3.8) is 0 Å². The van der Waals surface area contributed by atoms with Crippen LogP contribution in [0.3, 0.4) is 0 Å². The van der Waals surface area contributed by atoms with Crippen LogP contribution in [-0.4, -0.2) is 16.6 Å². The van der Waals surface area contributed by atoms with Gasteiger partial charge in [-0.25, -0.2) is 5.43 Å². The van der Waals surface area contributed by atoms with E-state index in [4.69, 9.17) is 0 Å². The minimum absolute atomic E-state index is 0.181. The van der Waals surface area contributed by atoms with Gasteiger partial charge in [-0.05, 0) is 43.4 Å². The minimum Gasteiger partial charge on any atom is -0.267 e. The summed E-state index contributed by atoms with van der Waals surface area (Å²) in [6.07, 6.45) is 12.1. The number of nitrogens with one attached hydrogen (secondary N) is 1. The van der Waals surface area contributed by atoms with Crippen LogP contribution in [0.2, 0.25) is 0 Å². The van der Waals surface area contributed by atoms with Gasteiger partial charge in [0.1, 0.15) is 0 Å². The highest BCUT2D eigenvalue weighted by Gasteiger charge is 2.13. The van der Waals surface area contributed by atoms with Gasteiger partial charge < -0.3 is 0 Å². The zero-order chi connectivity index (χ0) is 14.2. The molecule has 1 aliphatic rings. The van der Waals surface area contributed by atoms with Crippen molar-refractivity contribution >= 4 is 11.6 Å². The number of hydrogen-bond acceptors (Lipinski definition) is 3. The summed E-state index contributed by atoms with van der Waals surface area (Å²) in [5.74, 6) is -0.181. The molecule has 1 N–H and O–H groups in total. The van der Waals surface area contributed by atoms with E-state index in [0.717, 1.165) is 25.0 Å². The molecule has 1 aromatic heterocycles. The normalized spacial score (nSPS) is 16.2. The van der Waals surface area contributed by atoms with Crippen LogP contribution in [0.5, 0.6) is 0 Å². The van der Waals surface area contributed by atoms with Crippen molar-refractivity contribution < 1.29 is 4.79 Å². The summed E-state index contributed by atoms with van der Waals surface area (Å²) in [5, 5.41) is 4.29. The second kappa shape index (κ2) is 7.58. The predicted octanol–water partition coefficient (Wildman–Crippen LogP) is 3.47. The van der Waals surface area contributed by atoms with E-state index in [9.17, 15) is 4.79 Å². The SMILES string of the molecule is CCCCCC1=CCC/C1=N\NC(=O)c1ccncc1. The number of nitrogens with zero attached hydrogens (tertiary/aromatic N) is 2. The Morgan fingerprint density at radius 1 is 1.35 bits per heavy atom. The number of hydrazone groups is 1. The van der Waals surface area contributed by atoms with E-state index < -0.39 is 0 Å². The monoisotopic (exact) mass is 271 g/mol. The first-order valence-corrected chi connectivity index (χ1v) is 7.27. The summed E-state index contributed by atoms with van der Waals surface area (Å²) < 4.78 is 0. The Labute approximate surface area is 120 Å². The van der Waals surface area contributed by atoms with Gasteiger partial charge in [0, 0.05) is 18.0 Å². The lowest BCUT2D eigenvalue weighted by Crippen LogP contribution is -2.19. The number of allylic oxidation sites excluding steroid dienone is 2. The van der Waals surface area contributed by atoms with Crippen molar-refractivity contribution in [1.29, 1.82) is 0 Å². The topological polar surface area (TPSA) is 54.4 Å². The van der Waals surface area contributed by atoms with E-state index in [1.165, 1.54) is 24.8 Å². The molecule has 0 aliphatic heterocycles. The number of carbonyl (C=O) groups is 1. The molecular weight excluding hydrogens is 250 g/mol. The molecule has 106 valence electrons. The van der Waals surface area contributed by atoms with Crippen LogP contribution in [0.15, 0.2) is 41.3 Å². The molecule has 0 aromatic carbocycles. The average molecular weight is 271 g/mol.